The number of carbonyl (C=O) groups is 1. The minimum absolute atomic E-state index is 0.218. The van der Waals surface area contributed by atoms with Gasteiger partial charge >= 0.3 is 5.97 Å². The van der Waals surface area contributed by atoms with Gasteiger partial charge in [0.25, 0.3) is 0 Å². The predicted molar refractivity (Wildman–Crippen MR) is 66.5 cm³/mol. The molecule has 1 aromatic heterocycles. The van der Waals surface area contributed by atoms with Gasteiger partial charge in [-0.25, -0.2) is 4.98 Å². The average molecular weight is 253 g/mol. The van der Waals surface area contributed by atoms with Gasteiger partial charge in [0.1, 0.15) is 5.38 Å². The molecule has 0 fully saturated rings. The molecule has 5 heteroatoms. The van der Waals surface area contributed by atoms with Gasteiger partial charge in [-0.1, -0.05) is 0 Å². The quantitative estimate of drug-likeness (QED) is 0.853. The van der Waals surface area contributed by atoms with E-state index in [-0.39, 0.29) is 6.54 Å². The summed E-state index contributed by atoms with van der Waals surface area (Å²) in [5, 5.41) is 7.85. The summed E-state index contributed by atoms with van der Waals surface area (Å²) >= 11 is 5.73. The number of carboxylic acids is 1. The third-order valence-electron chi connectivity index (χ3n) is 2.86. The fourth-order valence-corrected chi connectivity index (χ4v) is 1.86. The first-order valence-corrected chi connectivity index (χ1v) is 5.71. The molecule has 0 bridgehead atoms. The van der Waals surface area contributed by atoms with E-state index in [0.29, 0.717) is 0 Å². The number of halogens is 1. The van der Waals surface area contributed by atoms with Gasteiger partial charge in [-0.2, -0.15) is 0 Å². The Bertz CT molecular complexity index is 577. The Kier molecular flexibility index (Phi) is 3.07. The molecule has 0 radical (unpaired) electrons. The summed E-state index contributed by atoms with van der Waals surface area (Å²) < 4.78 is 1.77. The van der Waals surface area contributed by atoms with Gasteiger partial charge in [-0.05, 0) is 37.1 Å². The summed E-state index contributed by atoms with van der Waals surface area (Å²) in [6, 6.07) is 3.99. The molecule has 0 saturated carbocycles. The first kappa shape index (κ1) is 11.9. The van der Waals surface area contributed by atoms with Crippen LogP contribution in [0.3, 0.4) is 0 Å². The zero-order valence-electron chi connectivity index (χ0n) is 9.64. The lowest BCUT2D eigenvalue weighted by Gasteiger charge is -2.07. The molecule has 17 heavy (non-hydrogen) atoms. The number of hydrogen-bond donors (Lipinski definition) is 1. The minimum Gasteiger partial charge on any atom is -0.480 e. The number of alkyl halides is 1. The van der Waals surface area contributed by atoms with E-state index in [1.165, 1.54) is 5.56 Å². The van der Waals surface area contributed by atoms with Gasteiger partial charge in [0, 0.05) is 0 Å². The van der Waals surface area contributed by atoms with Crippen LogP contribution in [0, 0.1) is 13.8 Å². The topological polar surface area (TPSA) is 55.1 Å². The molecule has 0 aliphatic heterocycles. The van der Waals surface area contributed by atoms with E-state index in [2.05, 4.69) is 4.98 Å². The second kappa shape index (κ2) is 4.37. The predicted octanol–water partition coefficient (Wildman–Crippen LogP) is 2.35. The number of aryl methyl sites for hydroxylation is 2. The number of nitrogens with zero attached hydrogens (tertiary/aromatic N) is 2. The molecule has 4 nitrogen and oxygen atoms in total. The van der Waals surface area contributed by atoms with E-state index in [9.17, 15) is 4.79 Å². The molecule has 0 saturated heterocycles. The van der Waals surface area contributed by atoms with Crippen LogP contribution in [-0.4, -0.2) is 26.0 Å². The highest BCUT2D eigenvalue weighted by molar-refractivity contribution is 6.29. The van der Waals surface area contributed by atoms with Crippen molar-refractivity contribution in [3.8, 4) is 0 Å². The fourth-order valence-electron chi connectivity index (χ4n) is 1.71. The second-order valence-electron chi connectivity index (χ2n) is 4.13. The molecule has 90 valence electrons. The molecule has 1 unspecified atom stereocenters. The van der Waals surface area contributed by atoms with Crippen LogP contribution < -0.4 is 0 Å². The Balaban J connectivity index is 2.42. The first-order chi connectivity index (χ1) is 7.99. The van der Waals surface area contributed by atoms with Crippen molar-refractivity contribution >= 4 is 28.6 Å². The number of carboxylic acid groups (broad SMARTS) is 1. The molecule has 1 N–H and O–H groups in total. The van der Waals surface area contributed by atoms with Crippen LogP contribution in [0.1, 0.15) is 11.1 Å². The molecule has 1 aromatic carbocycles. The summed E-state index contributed by atoms with van der Waals surface area (Å²) in [7, 11) is 0. The first-order valence-electron chi connectivity index (χ1n) is 5.28. The maximum Gasteiger partial charge on any atom is 0.323 e. The van der Waals surface area contributed by atoms with Gasteiger partial charge in [-0.15, -0.1) is 11.6 Å². The van der Waals surface area contributed by atoms with E-state index < -0.39 is 11.3 Å². The zero-order chi connectivity index (χ0) is 12.6. The third-order valence-corrected chi connectivity index (χ3v) is 3.19. The molecule has 1 heterocycles. The Morgan fingerprint density at radius 2 is 2.12 bits per heavy atom. The van der Waals surface area contributed by atoms with Crippen molar-refractivity contribution < 1.29 is 9.90 Å². The summed E-state index contributed by atoms with van der Waals surface area (Å²) in [5.74, 6) is -1.02. The third kappa shape index (κ3) is 2.26. The summed E-state index contributed by atoms with van der Waals surface area (Å²) in [5.41, 5.74) is 4.10. The van der Waals surface area contributed by atoms with Crippen LogP contribution >= 0.6 is 11.6 Å². The summed E-state index contributed by atoms with van der Waals surface area (Å²) in [4.78, 5) is 15.0. The molecule has 0 aliphatic rings. The second-order valence-corrected chi connectivity index (χ2v) is 4.65. The molecular formula is C12H13ClN2O2. The Labute approximate surface area is 104 Å². The number of rotatable bonds is 3. The number of aliphatic carboxylic acids is 1. The largest absolute Gasteiger partial charge is 0.480 e. The van der Waals surface area contributed by atoms with Crippen molar-refractivity contribution in [2.75, 3.05) is 0 Å². The minimum atomic E-state index is -1.02. The molecule has 0 amide bonds. The van der Waals surface area contributed by atoms with Gasteiger partial charge in [0.2, 0.25) is 0 Å². The standard InChI is InChI=1S/C12H13ClN2O2/c1-7-3-10-11(4-8(7)2)15(6-14-10)5-9(13)12(16)17/h3-4,6,9H,5H2,1-2H3,(H,16,17). The number of hydrogen-bond acceptors (Lipinski definition) is 2. The molecule has 2 rings (SSSR count). The normalized spacial score (nSPS) is 12.9. The van der Waals surface area contributed by atoms with Gasteiger partial charge in [0.05, 0.1) is 23.9 Å². The van der Waals surface area contributed by atoms with Crippen molar-refractivity contribution in [2.24, 2.45) is 0 Å². The molecule has 0 spiro atoms. The van der Waals surface area contributed by atoms with Crippen LogP contribution in [0.15, 0.2) is 18.5 Å². The molecular weight excluding hydrogens is 240 g/mol. The number of benzene rings is 1. The molecule has 1 atom stereocenters. The molecule has 0 aliphatic carbocycles. The highest BCUT2D eigenvalue weighted by Crippen LogP contribution is 2.19. The van der Waals surface area contributed by atoms with E-state index in [0.717, 1.165) is 16.6 Å². The van der Waals surface area contributed by atoms with Crippen LogP contribution in [0.4, 0.5) is 0 Å². The number of imidazole rings is 1. The van der Waals surface area contributed by atoms with E-state index >= 15 is 0 Å². The van der Waals surface area contributed by atoms with Gasteiger partial charge < -0.3 is 9.67 Å². The Morgan fingerprint density at radius 3 is 2.76 bits per heavy atom. The van der Waals surface area contributed by atoms with Crippen LogP contribution in [-0.2, 0) is 11.3 Å². The highest BCUT2D eigenvalue weighted by atomic mass is 35.5. The number of aromatic nitrogens is 2. The van der Waals surface area contributed by atoms with Crippen molar-refractivity contribution in [3.05, 3.63) is 29.6 Å². The van der Waals surface area contributed by atoms with Crippen molar-refractivity contribution in [2.45, 2.75) is 25.8 Å². The van der Waals surface area contributed by atoms with Crippen molar-refractivity contribution in [3.63, 3.8) is 0 Å². The fraction of sp³-hybridized carbons (Fsp3) is 0.333. The Hall–Kier alpha value is -1.55. The lowest BCUT2D eigenvalue weighted by Crippen LogP contribution is -2.19. The lowest BCUT2D eigenvalue weighted by molar-refractivity contribution is -0.136. The van der Waals surface area contributed by atoms with Crippen molar-refractivity contribution in [1.29, 1.82) is 0 Å². The van der Waals surface area contributed by atoms with Crippen LogP contribution in [0.5, 0.6) is 0 Å². The summed E-state index contributed by atoms with van der Waals surface area (Å²) in [6.45, 7) is 4.26. The van der Waals surface area contributed by atoms with Crippen molar-refractivity contribution in [1.82, 2.24) is 9.55 Å². The van der Waals surface area contributed by atoms with Gasteiger partial charge in [0.15, 0.2) is 0 Å². The van der Waals surface area contributed by atoms with E-state index in [1.807, 2.05) is 26.0 Å². The van der Waals surface area contributed by atoms with Crippen LogP contribution in [0.2, 0.25) is 0 Å². The zero-order valence-corrected chi connectivity index (χ0v) is 10.4. The highest BCUT2D eigenvalue weighted by Gasteiger charge is 2.15. The van der Waals surface area contributed by atoms with E-state index in [4.69, 9.17) is 16.7 Å². The monoisotopic (exact) mass is 252 g/mol. The van der Waals surface area contributed by atoms with E-state index in [1.54, 1.807) is 10.9 Å². The lowest BCUT2D eigenvalue weighted by atomic mass is 10.1. The van der Waals surface area contributed by atoms with Gasteiger partial charge in [-0.3, -0.25) is 4.79 Å². The number of fused-ring (bicyclic) bond motifs is 1. The Morgan fingerprint density at radius 1 is 1.47 bits per heavy atom. The maximum absolute atomic E-state index is 10.7. The summed E-state index contributed by atoms with van der Waals surface area (Å²) in [6.07, 6.45) is 1.63. The van der Waals surface area contributed by atoms with Crippen LogP contribution in [0.25, 0.3) is 11.0 Å². The SMILES string of the molecule is Cc1cc2ncn(CC(Cl)C(=O)O)c2cc1C. The maximum atomic E-state index is 10.7. The molecule has 2 aromatic rings. The smallest absolute Gasteiger partial charge is 0.323 e. The average Bonchev–Trinajstić information content (AvgIpc) is 2.62.